The van der Waals surface area contributed by atoms with Gasteiger partial charge in [0, 0.05) is 12.2 Å². The number of rotatable bonds is 3. The average Bonchev–Trinajstić information content (AvgIpc) is 2.40. The van der Waals surface area contributed by atoms with Crippen molar-refractivity contribution in [2.75, 3.05) is 18.4 Å². The van der Waals surface area contributed by atoms with E-state index in [1.807, 2.05) is 6.07 Å². The van der Waals surface area contributed by atoms with Gasteiger partial charge in [-0.25, -0.2) is 9.97 Å². The van der Waals surface area contributed by atoms with Crippen LogP contribution < -0.4 is 10.6 Å². The summed E-state index contributed by atoms with van der Waals surface area (Å²) in [6.07, 6.45) is 4.05. The molecule has 0 aliphatic carbocycles. The fraction of sp³-hybridized carbons (Fsp3) is 0.583. The van der Waals surface area contributed by atoms with Gasteiger partial charge in [0.15, 0.2) is 0 Å². The van der Waals surface area contributed by atoms with Crippen LogP contribution in [0.5, 0.6) is 0 Å². The third kappa shape index (κ3) is 3.14. The summed E-state index contributed by atoms with van der Waals surface area (Å²) < 4.78 is 0. The molecule has 0 saturated carbocycles. The number of anilines is 1. The Morgan fingerprint density at radius 1 is 1.65 bits per heavy atom. The highest BCUT2D eigenvalue weighted by atomic mass is 15.1. The SMILES string of the molecule is CC(Nc1nccc(C#N)n1)C1CCCNC1. The van der Waals surface area contributed by atoms with Crippen LogP contribution in [0.1, 0.15) is 25.5 Å². The number of aromatic nitrogens is 2. The van der Waals surface area contributed by atoms with Crippen molar-refractivity contribution in [3.8, 4) is 6.07 Å². The Kier molecular flexibility index (Phi) is 3.89. The molecule has 90 valence electrons. The maximum atomic E-state index is 8.77. The van der Waals surface area contributed by atoms with Crippen LogP contribution in [0.25, 0.3) is 0 Å². The third-order valence-electron chi connectivity index (χ3n) is 3.17. The molecule has 0 amide bonds. The monoisotopic (exact) mass is 231 g/mol. The summed E-state index contributed by atoms with van der Waals surface area (Å²) in [5.74, 6) is 1.14. The zero-order chi connectivity index (χ0) is 12.1. The lowest BCUT2D eigenvalue weighted by Crippen LogP contribution is -2.39. The van der Waals surface area contributed by atoms with Crippen molar-refractivity contribution in [2.45, 2.75) is 25.8 Å². The lowest BCUT2D eigenvalue weighted by Gasteiger charge is -2.28. The van der Waals surface area contributed by atoms with Gasteiger partial charge >= 0.3 is 0 Å². The number of hydrogen-bond acceptors (Lipinski definition) is 5. The molecule has 5 nitrogen and oxygen atoms in total. The van der Waals surface area contributed by atoms with Crippen LogP contribution in [0.4, 0.5) is 5.95 Å². The van der Waals surface area contributed by atoms with Crippen molar-refractivity contribution in [3.63, 3.8) is 0 Å². The van der Waals surface area contributed by atoms with Gasteiger partial charge in [-0.05, 0) is 44.8 Å². The van der Waals surface area contributed by atoms with Crippen LogP contribution in [-0.2, 0) is 0 Å². The first-order valence-electron chi connectivity index (χ1n) is 6.00. The first-order valence-corrected chi connectivity index (χ1v) is 6.00. The summed E-state index contributed by atoms with van der Waals surface area (Å²) in [5.41, 5.74) is 0.400. The maximum Gasteiger partial charge on any atom is 0.224 e. The van der Waals surface area contributed by atoms with E-state index in [0.717, 1.165) is 13.1 Å². The molecule has 0 spiro atoms. The van der Waals surface area contributed by atoms with Gasteiger partial charge in [0.05, 0.1) is 0 Å². The van der Waals surface area contributed by atoms with Crippen molar-refractivity contribution in [1.29, 1.82) is 5.26 Å². The molecule has 1 aliphatic rings. The average molecular weight is 231 g/mol. The van der Waals surface area contributed by atoms with Gasteiger partial charge in [0.2, 0.25) is 5.95 Å². The van der Waals surface area contributed by atoms with Crippen molar-refractivity contribution in [1.82, 2.24) is 15.3 Å². The van der Waals surface area contributed by atoms with Crippen LogP contribution in [0, 0.1) is 17.2 Å². The molecule has 0 bridgehead atoms. The third-order valence-corrected chi connectivity index (χ3v) is 3.17. The van der Waals surface area contributed by atoms with Crippen molar-refractivity contribution in [2.24, 2.45) is 5.92 Å². The van der Waals surface area contributed by atoms with Gasteiger partial charge in [0.25, 0.3) is 0 Å². The van der Waals surface area contributed by atoms with Crippen LogP contribution in [0.15, 0.2) is 12.3 Å². The van der Waals surface area contributed by atoms with Crippen LogP contribution >= 0.6 is 0 Å². The number of nitrogens with one attached hydrogen (secondary N) is 2. The topological polar surface area (TPSA) is 73.6 Å². The second-order valence-corrected chi connectivity index (χ2v) is 4.42. The minimum atomic E-state index is 0.316. The number of nitriles is 1. The quantitative estimate of drug-likeness (QED) is 0.816. The molecule has 2 unspecified atom stereocenters. The zero-order valence-electron chi connectivity index (χ0n) is 9.98. The Morgan fingerprint density at radius 2 is 2.53 bits per heavy atom. The summed E-state index contributed by atoms with van der Waals surface area (Å²) in [7, 11) is 0. The Hall–Kier alpha value is -1.67. The van der Waals surface area contributed by atoms with E-state index in [1.165, 1.54) is 12.8 Å². The van der Waals surface area contributed by atoms with Crippen molar-refractivity contribution >= 4 is 5.95 Å². The van der Waals surface area contributed by atoms with Gasteiger partial charge in [0.1, 0.15) is 11.8 Å². The van der Waals surface area contributed by atoms with Gasteiger partial charge in [-0.2, -0.15) is 5.26 Å². The molecule has 0 aromatic carbocycles. The largest absolute Gasteiger partial charge is 0.351 e. The first kappa shape index (κ1) is 11.8. The number of hydrogen-bond donors (Lipinski definition) is 2. The molecular formula is C12H17N5. The van der Waals surface area contributed by atoms with Gasteiger partial charge in [-0.3, -0.25) is 0 Å². The van der Waals surface area contributed by atoms with Gasteiger partial charge < -0.3 is 10.6 Å². The van der Waals surface area contributed by atoms with Crippen LogP contribution in [0.2, 0.25) is 0 Å². The number of piperidine rings is 1. The summed E-state index contributed by atoms with van der Waals surface area (Å²) in [4.78, 5) is 8.25. The molecule has 1 aromatic rings. The van der Waals surface area contributed by atoms with Gasteiger partial charge in [-0.1, -0.05) is 0 Å². The summed E-state index contributed by atoms with van der Waals surface area (Å²) in [5, 5.41) is 15.4. The Balaban J connectivity index is 1.97. The van der Waals surface area contributed by atoms with Crippen LogP contribution in [-0.4, -0.2) is 29.1 Å². The van der Waals surface area contributed by atoms with Crippen LogP contribution in [0.3, 0.4) is 0 Å². The summed E-state index contributed by atoms with van der Waals surface area (Å²) in [6.45, 7) is 4.29. The van der Waals surface area contributed by atoms with E-state index >= 15 is 0 Å². The maximum absolute atomic E-state index is 8.77. The lowest BCUT2D eigenvalue weighted by molar-refractivity contribution is 0.346. The second kappa shape index (κ2) is 5.60. The smallest absolute Gasteiger partial charge is 0.224 e. The van der Waals surface area contributed by atoms with E-state index in [9.17, 15) is 0 Å². The highest BCUT2D eigenvalue weighted by Gasteiger charge is 2.20. The Bertz CT molecular complexity index is 406. The molecule has 1 saturated heterocycles. The highest BCUT2D eigenvalue weighted by molar-refractivity contribution is 5.31. The number of nitrogens with zero attached hydrogens (tertiary/aromatic N) is 3. The molecule has 17 heavy (non-hydrogen) atoms. The Morgan fingerprint density at radius 3 is 3.24 bits per heavy atom. The van der Waals surface area contributed by atoms with E-state index < -0.39 is 0 Å². The van der Waals surface area contributed by atoms with E-state index in [0.29, 0.717) is 23.6 Å². The molecule has 1 aromatic heterocycles. The normalized spacial score (nSPS) is 21.5. The second-order valence-electron chi connectivity index (χ2n) is 4.42. The standard InChI is InChI=1S/C12H17N5/c1-9(10-3-2-5-14-8-10)16-12-15-6-4-11(7-13)17-12/h4,6,9-10,14H,2-3,5,8H2,1H3,(H,15,16,17). The molecule has 2 N–H and O–H groups in total. The molecule has 1 fully saturated rings. The van der Waals surface area contributed by atoms with E-state index in [2.05, 4.69) is 27.5 Å². The first-order chi connectivity index (χ1) is 8.29. The molecular weight excluding hydrogens is 214 g/mol. The fourth-order valence-electron chi connectivity index (χ4n) is 2.12. The van der Waals surface area contributed by atoms with Crippen molar-refractivity contribution < 1.29 is 0 Å². The lowest BCUT2D eigenvalue weighted by atomic mass is 9.93. The molecule has 0 radical (unpaired) electrons. The molecule has 5 heteroatoms. The predicted molar refractivity (Wildman–Crippen MR) is 65.4 cm³/mol. The fourth-order valence-corrected chi connectivity index (χ4v) is 2.12. The highest BCUT2D eigenvalue weighted by Crippen LogP contribution is 2.16. The summed E-state index contributed by atoms with van der Waals surface area (Å²) >= 11 is 0. The van der Waals surface area contributed by atoms with E-state index in [-0.39, 0.29) is 0 Å². The van der Waals surface area contributed by atoms with Crippen molar-refractivity contribution in [3.05, 3.63) is 18.0 Å². The molecule has 2 heterocycles. The molecule has 2 rings (SSSR count). The summed E-state index contributed by atoms with van der Waals surface area (Å²) in [6, 6.07) is 3.94. The van der Waals surface area contributed by atoms with E-state index in [1.54, 1.807) is 12.3 Å². The minimum Gasteiger partial charge on any atom is -0.351 e. The van der Waals surface area contributed by atoms with E-state index in [4.69, 9.17) is 5.26 Å². The molecule has 1 aliphatic heterocycles. The van der Waals surface area contributed by atoms with Gasteiger partial charge in [-0.15, -0.1) is 0 Å². The Labute approximate surface area is 101 Å². The molecule has 2 atom stereocenters. The predicted octanol–water partition coefficient (Wildman–Crippen LogP) is 1.15. The zero-order valence-corrected chi connectivity index (χ0v) is 9.98. The minimum absolute atomic E-state index is 0.316.